The molecule has 2 aromatic rings. The highest BCUT2D eigenvalue weighted by Gasteiger charge is 2.02. The van der Waals surface area contributed by atoms with Crippen molar-refractivity contribution < 1.29 is 4.39 Å². The van der Waals surface area contributed by atoms with E-state index >= 15 is 0 Å². The fourth-order valence-electron chi connectivity index (χ4n) is 1.73. The maximum Gasteiger partial charge on any atom is 0.171 e. The second-order valence-corrected chi connectivity index (χ2v) is 4.68. The number of aryl methyl sites for hydroxylation is 1. The van der Waals surface area contributed by atoms with Crippen LogP contribution < -0.4 is 10.6 Å². The summed E-state index contributed by atoms with van der Waals surface area (Å²) in [4.78, 5) is 0. The topological polar surface area (TPSA) is 24.1 Å². The molecule has 2 rings (SSSR count). The molecular weight excluding hydrogens is 259 g/mol. The van der Waals surface area contributed by atoms with Gasteiger partial charge in [-0.3, -0.25) is 0 Å². The van der Waals surface area contributed by atoms with Crippen molar-refractivity contribution >= 4 is 23.0 Å². The van der Waals surface area contributed by atoms with E-state index in [4.69, 9.17) is 12.2 Å². The summed E-state index contributed by atoms with van der Waals surface area (Å²) in [6.07, 6.45) is 0. The first-order valence-electron chi connectivity index (χ1n) is 6.00. The van der Waals surface area contributed by atoms with Gasteiger partial charge in [0.15, 0.2) is 5.11 Å². The van der Waals surface area contributed by atoms with Crippen LogP contribution in [-0.2, 0) is 6.54 Å². The lowest BCUT2D eigenvalue weighted by atomic mass is 10.1. The van der Waals surface area contributed by atoms with E-state index in [1.807, 2.05) is 25.1 Å². The number of hydrogen-bond donors (Lipinski definition) is 2. The fourth-order valence-corrected chi connectivity index (χ4v) is 1.92. The molecule has 0 radical (unpaired) electrons. The van der Waals surface area contributed by atoms with Crippen LogP contribution in [0.25, 0.3) is 0 Å². The SMILES string of the molecule is Cc1cccc(CNC(=S)Nc2ccccc2F)c1. The highest BCUT2D eigenvalue weighted by molar-refractivity contribution is 7.80. The predicted octanol–water partition coefficient (Wildman–Crippen LogP) is 3.62. The zero-order valence-corrected chi connectivity index (χ0v) is 11.4. The molecule has 2 nitrogen and oxygen atoms in total. The number of anilines is 1. The van der Waals surface area contributed by atoms with Gasteiger partial charge in [-0.1, -0.05) is 42.0 Å². The van der Waals surface area contributed by atoms with Gasteiger partial charge in [-0.15, -0.1) is 0 Å². The first-order valence-corrected chi connectivity index (χ1v) is 6.41. The van der Waals surface area contributed by atoms with E-state index in [1.54, 1.807) is 18.2 Å². The quantitative estimate of drug-likeness (QED) is 0.836. The molecule has 0 spiro atoms. The Morgan fingerprint density at radius 1 is 1.16 bits per heavy atom. The molecule has 2 aromatic carbocycles. The van der Waals surface area contributed by atoms with Crippen LogP contribution in [0.2, 0.25) is 0 Å². The van der Waals surface area contributed by atoms with Gasteiger partial charge in [-0.25, -0.2) is 4.39 Å². The van der Waals surface area contributed by atoms with Crippen LogP contribution >= 0.6 is 12.2 Å². The number of nitrogens with one attached hydrogen (secondary N) is 2. The molecule has 0 amide bonds. The number of thiocarbonyl (C=S) groups is 1. The average molecular weight is 274 g/mol. The van der Waals surface area contributed by atoms with Crippen LogP contribution in [0.4, 0.5) is 10.1 Å². The summed E-state index contributed by atoms with van der Waals surface area (Å²) in [5.74, 6) is -0.317. The van der Waals surface area contributed by atoms with Gasteiger partial charge in [0.05, 0.1) is 5.69 Å². The van der Waals surface area contributed by atoms with Crippen molar-refractivity contribution in [3.8, 4) is 0 Å². The number of para-hydroxylation sites is 1. The molecular formula is C15H15FN2S. The van der Waals surface area contributed by atoms with Gasteiger partial charge in [0, 0.05) is 6.54 Å². The first-order chi connectivity index (χ1) is 9.15. The van der Waals surface area contributed by atoms with Crippen molar-refractivity contribution in [2.75, 3.05) is 5.32 Å². The molecule has 0 heterocycles. The van der Waals surface area contributed by atoms with Crippen molar-refractivity contribution in [2.24, 2.45) is 0 Å². The van der Waals surface area contributed by atoms with Gasteiger partial charge in [-0.2, -0.15) is 0 Å². The highest BCUT2D eigenvalue weighted by atomic mass is 32.1. The van der Waals surface area contributed by atoms with Crippen molar-refractivity contribution in [3.05, 3.63) is 65.5 Å². The molecule has 0 saturated carbocycles. The lowest BCUT2D eigenvalue weighted by molar-refractivity contribution is 0.632. The molecule has 0 aliphatic rings. The zero-order valence-electron chi connectivity index (χ0n) is 10.6. The molecule has 0 bridgehead atoms. The zero-order chi connectivity index (χ0) is 13.7. The second kappa shape index (κ2) is 6.29. The third-order valence-electron chi connectivity index (χ3n) is 2.66. The minimum Gasteiger partial charge on any atom is -0.358 e. The van der Waals surface area contributed by atoms with Crippen molar-refractivity contribution in [3.63, 3.8) is 0 Å². The van der Waals surface area contributed by atoms with Gasteiger partial charge < -0.3 is 10.6 Å². The predicted molar refractivity (Wildman–Crippen MR) is 80.6 cm³/mol. The van der Waals surface area contributed by atoms with Crippen molar-refractivity contribution in [2.45, 2.75) is 13.5 Å². The van der Waals surface area contributed by atoms with Gasteiger partial charge in [0.1, 0.15) is 5.82 Å². The summed E-state index contributed by atoms with van der Waals surface area (Å²) in [7, 11) is 0. The molecule has 0 saturated heterocycles. The highest BCUT2D eigenvalue weighted by Crippen LogP contribution is 2.12. The van der Waals surface area contributed by atoms with E-state index in [9.17, 15) is 4.39 Å². The second-order valence-electron chi connectivity index (χ2n) is 4.28. The Hall–Kier alpha value is -1.94. The van der Waals surface area contributed by atoms with Crippen LogP contribution in [0, 0.1) is 12.7 Å². The third-order valence-corrected chi connectivity index (χ3v) is 2.90. The molecule has 0 unspecified atom stereocenters. The molecule has 0 aromatic heterocycles. The van der Waals surface area contributed by atoms with Gasteiger partial charge in [0.2, 0.25) is 0 Å². The standard InChI is InChI=1S/C15H15FN2S/c1-11-5-4-6-12(9-11)10-17-15(19)18-14-8-3-2-7-13(14)16/h2-9H,10H2,1H3,(H2,17,18,19). The number of halogens is 1. The van der Waals surface area contributed by atoms with Crippen LogP contribution in [0.15, 0.2) is 48.5 Å². The van der Waals surface area contributed by atoms with E-state index in [-0.39, 0.29) is 5.82 Å². The van der Waals surface area contributed by atoms with Crippen LogP contribution in [0.3, 0.4) is 0 Å². The third kappa shape index (κ3) is 4.03. The maximum absolute atomic E-state index is 13.4. The largest absolute Gasteiger partial charge is 0.358 e. The van der Waals surface area contributed by atoms with Crippen molar-refractivity contribution in [1.29, 1.82) is 0 Å². The van der Waals surface area contributed by atoms with Crippen LogP contribution in [0.5, 0.6) is 0 Å². The summed E-state index contributed by atoms with van der Waals surface area (Å²) in [5, 5.41) is 6.30. The molecule has 0 fully saturated rings. The molecule has 19 heavy (non-hydrogen) atoms. The Balaban J connectivity index is 1.90. The minimum atomic E-state index is -0.317. The number of rotatable bonds is 3. The Labute approximate surface area is 117 Å². The monoisotopic (exact) mass is 274 g/mol. The molecule has 2 N–H and O–H groups in total. The molecule has 4 heteroatoms. The molecule has 98 valence electrons. The minimum absolute atomic E-state index is 0.317. The Kier molecular flexibility index (Phi) is 4.47. The fraction of sp³-hybridized carbons (Fsp3) is 0.133. The summed E-state index contributed by atoms with van der Waals surface area (Å²) >= 11 is 5.14. The number of benzene rings is 2. The maximum atomic E-state index is 13.4. The molecule has 0 aliphatic carbocycles. The van der Waals surface area contributed by atoms with Gasteiger partial charge in [0.25, 0.3) is 0 Å². The lowest BCUT2D eigenvalue weighted by Gasteiger charge is -2.11. The van der Waals surface area contributed by atoms with E-state index in [1.165, 1.54) is 11.6 Å². The normalized spacial score (nSPS) is 10.0. The van der Waals surface area contributed by atoms with E-state index in [2.05, 4.69) is 16.7 Å². The Morgan fingerprint density at radius 2 is 1.95 bits per heavy atom. The average Bonchev–Trinajstić information content (AvgIpc) is 2.39. The van der Waals surface area contributed by atoms with E-state index in [0.717, 1.165) is 5.56 Å². The number of hydrogen-bond acceptors (Lipinski definition) is 1. The molecule has 0 aliphatic heterocycles. The summed E-state index contributed by atoms with van der Waals surface area (Å²) in [5.41, 5.74) is 2.72. The summed E-state index contributed by atoms with van der Waals surface area (Å²) in [6, 6.07) is 14.6. The van der Waals surface area contributed by atoms with Crippen LogP contribution in [-0.4, -0.2) is 5.11 Å². The molecule has 0 atom stereocenters. The van der Waals surface area contributed by atoms with E-state index < -0.39 is 0 Å². The lowest BCUT2D eigenvalue weighted by Crippen LogP contribution is -2.28. The summed E-state index contributed by atoms with van der Waals surface area (Å²) in [6.45, 7) is 2.65. The smallest absolute Gasteiger partial charge is 0.171 e. The van der Waals surface area contributed by atoms with E-state index in [0.29, 0.717) is 17.3 Å². The van der Waals surface area contributed by atoms with Gasteiger partial charge >= 0.3 is 0 Å². The van der Waals surface area contributed by atoms with Crippen LogP contribution in [0.1, 0.15) is 11.1 Å². The Morgan fingerprint density at radius 3 is 2.68 bits per heavy atom. The first kappa shape index (κ1) is 13.5. The van der Waals surface area contributed by atoms with Gasteiger partial charge in [-0.05, 0) is 36.8 Å². The Bertz CT molecular complexity index is 584. The summed E-state index contributed by atoms with van der Waals surface area (Å²) < 4.78 is 13.4. The van der Waals surface area contributed by atoms with Crippen molar-refractivity contribution in [1.82, 2.24) is 5.32 Å².